The van der Waals surface area contributed by atoms with E-state index in [1.807, 2.05) is 13.8 Å². The molecule has 0 radical (unpaired) electrons. The highest BCUT2D eigenvalue weighted by molar-refractivity contribution is 5.81. The summed E-state index contributed by atoms with van der Waals surface area (Å²) in [7, 11) is 1.78. The topological polar surface area (TPSA) is 29.5 Å². The van der Waals surface area contributed by atoms with Gasteiger partial charge < -0.3 is 9.64 Å². The molecular formula is C12H23NO2. The predicted octanol–water partition coefficient (Wildman–Crippen LogP) is 1.71. The van der Waals surface area contributed by atoms with Crippen LogP contribution in [0.4, 0.5) is 0 Å². The zero-order valence-corrected chi connectivity index (χ0v) is 10.4. The number of ketones is 1. The summed E-state index contributed by atoms with van der Waals surface area (Å²) < 4.78 is 5.32. The van der Waals surface area contributed by atoms with Gasteiger partial charge in [0.15, 0.2) is 0 Å². The average molecular weight is 213 g/mol. The molecule has 1 aliphatic heterocycles. The number of rotatable bonds is 4. The van der Waals surface area contributed by atoms with Crippen LogP contribution in [0.15, 0.2) is 0 Å². The van der Waals surface area contributed by atoms with Gasteiger partial charge in [-0.15, -0.1) is 0 Å². The maximum absolute atomic E-state index is 11.4. The highest BCUT2D eigenvalue weighted by atomic mass is 16.5. The molecule has 0 aromatic carbocycles. The first-order valence-corrected chi connectivity index (χ1v) is 5.72. The second kappa shape index (κ2) is 5.08. The molecule has 0 bridgehead atoms. The van der Waals surface area contributed by atoms with E-state index >= 15 is 0 Å². The van der Waals surface area contributed by atoms with Crippen molar-refractivity contribution >= 4 is 5.78 Å². The molecular weight excluding hydrogens is 190 g/mol. The maximum Gasteiger partial charge on any atom is 0.136 e. The van der Waals surface area contributed by atoms with Gasteiger partial charge in [0.25, 0.3) is 0 Å². The number of carbonyl (C=O) groups excluding carboxylic acids is 1. The Labute approximate surface area is 92.8 Å². The largest absolute Gasteiger partial charge is 0.381 e. The Morgan fingerprint density at radius 3 is 2.33 bits per heavy atom. The van der Waals surface area contributed by atoms with Gasteiger partial charge in [0.2, 0.25) is 0 Å². The van der Waals surface area contributed by atoms with Gasteiger partial charge in [0.1, 0.15) is 5.78 Å². The van der Waals surface area contributed by atoms with Crippen molar-refractivity contribution in [3.8, 4) is 0 Å². The van der Waals surface area contributed by atoms with Gasteiger partial charge in [-0.25, -0.2) is 0 Å². The fourth-order valence-corrected chi connectivity index (χ4v) is 1.97. The number of ether oxygens (including phenoxy) is 1. The van der Waals surface area contributed by atoms with Crippen LogP contribution in [0.3, 0.4) is 0 Å². The Balaban J connectivity index is 2.38. The minimum absolute atomic E-state index is 0.208. The summed E-state index contributed by atoms with van der Waals surface area (Å²) in [5, 5.41) is 0. The first-order valence-electron chi connectivity index (χ1n) is 5.72. The fraction of sp³-hybridized carbons (Fsp3) is 0.917. The van der Waals surface area contributed by atoms with E-state index in [-0.39, 0.29) is 11.2 Å². The van der Waals surface area contributed by atoms with Crippen LogP contribution in [-0.2, 0) is 9.53 Å². The molecule has 3 heteroatoms. The summed E-state index contributed by atoms with van der Waals surface area (Å²) in [4.78, 5) is 13.8. The number of hydrogen-bond donors (Lipinski definition) is 0. The molecule has 0 aromatic heterocycles. The number of methoxy groups -OCH3 is 1. The first kappa shape index (κ1) is 12.7. The van der Waals surface area contributed by atoms with Gasteiger partial charge >= 0.3 is 0 Å². The van der Waals surface area contributed by atoms with Crippen LogP contribution in [-0.4, -0.2) is 43.5 Å². The third-order valence-electron chi connectivity index (χ3n) is 3.44. The quantitative estimate of drug-likeness (QED) is 0.712. The van der Waals surface area contributed by atoms with E-state index in [1.165, 1.54) is 0 Å². The SMILES string of the molecule is COC1CCN(CC(C)(C)C(C)=O)CC1. The minimum Gasteiger partial charge on any atom is -0.381 e. The molecule has 0 unspecified atom stereocenters. The van der Waals surface area contributed by atoms with Crippen LogP contribution >= 0.6 is 0 Å². The number of hydrogen-bond acceptors (Lipinski definition) is 3. The third-order valence-corrected chi connectivity index (χ3v) is 3.44. The van der Waals surface area contributed by atoms with E-state index < -0.39 is 0 Å². The molecule has 88 valence electrons. The lowest BCUT2D eigenvalue weighted by Crippen LogP contribution is -2.43. The highest BCUT2D eigenvalue weighted by Crippen LogP contribution is 2.21. The van der Waals surface area contributed by atoms with Gasteiger partial charge in [-0.3, -0.25) is 4.79 Å². The monoisotopic (exact) mass is 213 g/mol. The average Bonchev–Trinajstić information content (AvgIpc) is 2.18. The molecule has 0 amide bonds. The molecule has 0 atom stereocenters. The van der Waals surface area contributed by atoms with Crippen molar-refractivity contribution in [1.29, 1.82) is 0 Å². The molecule has 0 saturated carbocycles. The molecule has 1 saturated heterocycles. The Morgan fingerprint density at radius 1 is 1.40 bits per heavy atom. The van der Waals surface area contributed by atoms with Gasteiger partial charge in [-0.2, -0.15) is 0 Å². The zero-order valence-electron chi connectivity index (χ0n) is 10.4. The summed E-state index contributed by atoms with van der Waals surface area (Å²) in [6.45, 7) is 8.71. The number of likely N-dealkylation sites (tertiary alicyclic amines) is 1. The lowest BCUT2D eigenvalue weighted by molar-refractivity contribution is -0.126. The summed E-state index contributed by atoms with van der Waals surface area (Å²) in [5.41, 5.74) is -0.208. The van der Waals surface area contributed by atoms with E-state index in [4.69, 9.17) is 4.74 Å². The predicted molar refractivity (Wildman–Crippen MR) is 60.9 cm³/mol. The first-order chi connectivity index (χ1) is 6.95. The summed E-state index contributed by atoms with van der Waals surface area (Å²) in [6.07, 6.45) is 2.59. The molecule has 1 fully saturated rings. The number of Topliss-reactive ketones (excluding diaryl/α,β-unsaturated/α-hetero) is 1. The van der Waals surface area contributed by atoms with Gasteiger partial charge in [-0.05, 0) is 19.8 Å². The molecule has 0 spiro atoms. The van der Waals surface area contributed by atoms with Crippen molar-refractivity contribution in [3.63, 3.8) is 0 Å². The molecule has 0 aliphatic carbocycles. The fourth-order valence-electron chi connectivity index (χ4n) is 1.97. The van der Waals surface area contributed by atoms with Crippen molar-refractivity contribution in [2.24, 2.45) is 5.41 Å². The number of carbonyl (C=O) groups is 1. The normalized spacial score (nSPS) is 20.5. The Morgan fingerprint density at radius 2 is 1.93 bits per heavy atom. The van der Waals surface area contributed by atoms with Crippen LogP contribution in [0.2, 0.25) is 0 Å². The molecule has 1 rings (SSSR count). The zero-order chi connectivity index (χ0) is 11.5. The Bertz CT molecular complexity index is 218. The lowest BCUT2D eigenvalue weighted by Gasteiger charge is -2.35. The summed E-state index contributed by atoms with van der Waals surface area (Å²) >= 11 is 0. The summed E-state index contributed by atoms with van der Waals surface area (Å²) in [6, 6.07) is 0. The van der Waals surface area contributed by atoms with Crippen LogP contribution in [0.1, 0.15) is 33.6 Å². The molecule has 15 heavy (non-hydrogen) atoms. The van der Waals surface area contributed by atoms with Crippen molar-refractivity contribution < 1.29 is 9.53 Å². The standard InChI is InChI=1S/C12H23NO2/c1-10(14)12(2,3)9-13-7-5-11(15-4)6-8-13/h11H,5-9H2,1-4H3. The van der Waals surface area contributed by atoms with Crippen LogP contribution in [0, 0.1) is 5.41 Å². The Hall–Kier alpha value is -0.410. The van der Waals surface area contributed by atoms with Crippen LogP contribution in [0.25, 0.3) is 0 Å². The highest BCUT2D eigenvalue weighted by Gasteiger charge is 2.28. The van der Waals surface area contributed by atoms with Crippen molar-refractivity contribution in [1.82, 2.24) is 4.90 Å². The van der Waals surface area contributed by atoms with E-state index in [2.05, 4.69) is 4.90 Å². The number of piperidine rings is 1. The van der Waals surface area contributed by atoms with Crippen molar-refractivity contribution in [2.45, 2.75) is 39.7 Å². The second-order valence-electron chi connectivity index (χ2n) is 5.15. The van der Waals surface area contributed by atoms with Crippen molar-refractivity contribution in [2.75, 3.05) is 26.7 Å². The molecule has 1 heterocycles. The van der Waals surface area contributed by atoms with E-state index in [0.29, 0.717) is 6.10 Å². The maximum atomic E-state index is 11.4. The molecule has 0 aromatic rings. The van der Waals surface area contributed by atoms with Gasteiger partial charge in [0.05, 0.1) is 6.10 Å². The summed E-state index contributed by atoms with van der Waals surface area (Å²) in [5.74, 6) is 0.274. The smallest absolute Gasteiger partial charge is 0.136 e. The third kappa shape index (κ3) is 3.58. The van der Waals surface area contributed by atoms with E-state index in [0.717, 1.165) is 32.5 Å². The van der Waals surface area contributed by atoms with Crippen LogP contribution < -0.4 is 0 Å². The van der Waals surface area contributed by atoms with Gasteiger partial charge in [0, 0.05) is 32.2 Å². The van der Waals surface area contributed by atoms with Crippen molar-refractivity contribution in [3.05, 3.63) is 0 Å². The number of nitrogens with zero attached hydrogens (tertiary/aromatic N) is 1. The van der Waals surface area contributed by atoms with Gasteiger partial charge in [-0.1, -0.05) is 13.8 Å². The van der Waals surface area contributed by atoms with E-state index in [9.17, 15) is 4.79 Å². The minimum atomic E-state index is -0.208. The lowest BCUT2D eigenvalue weighted by atomic mass is 9.87. The molecule has 1 aliphatic rings. The molecule has 3 nitrogen and oxygen atoms in total. The molecule has 0 N–H and O–H groups in total. The Kier molecular flexibility index (Phi) is 4.29. The second-order valence-corrected chi connectivity index (χ2v) is 5.15. The van der Waals surface area contributed by atoms with E-state index in [1.54, 1.807) is 14.0 Å². The van der Waals surface area contributed by atoms with Crippen LogP contribution in [0.5, 0.6) is 0 Å².